The quantitative estimate of drug-likeness (QED) is 0.608. The lowest BCUT2D eigenvalue weighted by molar-refractivity contribution is 0.100. The summed E-state index contributed by atoms with van der Waals surface area (Å²) < 4.78 is 1.43. The van der Waals surface area contributed by atoms with Gasteiger partial charge in [-0.25, -0.2) is 9.67 Å². The van der Waals surface area contributed by atoms with Crippen LogP contribution in [0.3, 0.4) is 0 Å². The molecule has 0 spiro atoms. The van der Waals surface area contributed by atoms with E-state index in [1.807, 2.05) is 0 Å². The number of carbonyl (C=O) groups is 1. The van der Waals surface area contributed by atoms with Crippen molar-refractivity contribution >= 4 is 17.8 Å². The zero-order valence-electron chi connectivity index (χ0n) is 11.7. The summed E-state index contributed by atoms with van der Waals surface area (Å²) in [5.41, 5.74) is 1.48. The highest BCUT2D eigenvalue weighted by atomic mass is 16.1. The minimum absolute atomic E-state index is 0.101. The molecule has 0 saturated carbocycles. The van der Waals surface area contributed by atoms with Crippen molar-refractivity contribution in [3.8, 4) is 0 Å². The third-order valence-corrected chi connectivity index (χ3v) is 2.27. The molecule has 5 nitrogen and oxygen atoms in total. The first kappa shape index (κ1) is 14.3. The summed E-state index contributed by atoms with van der Waals surface area (Å²) in [7, 11) is 1.67. The number of rotatable bonds is 4. The number of aliphatic imine (C=N–C) groups is 1. The summed E-state index contributed by atoms with van der Waals surface area (Å²) in [5, 5.41) is 7.65. The zero-order valence-corrected chi connectivity index (χ0v) is 11.7. The maximum atomic E-state index is 11.4. The minimum Gasteiger partial charge on any atom is -0.293 e. The van der Waals surface area contributed by atoms with Crippen LogP contribution in [0, 0.1) is 5.41 Å². The van der Waals surface area contributed by atoms with Crippen molar-refractivity contribution in [1.82, 2.24) is 15.0 Å². The van der Waals surface area contributed by atoms with E-state index in [-0.39, 0.29) is 11.2 Å². The summed E-state index contributed by atoms with van der Waals surface area (Å²) >= 11 is 0. The molecule has 5 heteroatoms. The van der Waals surface area contributed by atoms with Gasteiger partial charge in [0.15, 0.2) is 5.78 Å². The number of carbonyl (C=O) groups excluding carboxylic acids is 1. The maximum absolute atomic E-state index is 11.4. The van der Waals surface area contributed by atoms with Gasteiger partial charge in [-0.05, 0) is 17.4 Å². The Labute approximate surface area is 108 Å². The third-order valence-electron chi connectivity index (χ3n) is 2.27. The van der Waals surface area contributed by atoms with Crippen LogP contribution >= 0.6 is 0 Å². The van der Waals surface area contributed by atoms with Gasteiger partial charge in [0.25, 0.3) is 0 Å². The summed E-state index contributed by atoms with van der Waals surface area (Å²) in [4.78, 5) is 15.6. The van der Waals surface area contributed by atoms with Crippen LogP contribution in [0.4, 0.5) is 5.82 Å². The van der Waals surface area contributed by atoms with E-state index in [9.17, 15) is 4.79 Å². The molecule has 0 aromatic carbocycles. The molecule has 0 saturated heterocycles. The van der Waals surface area contributed by atoms with E-state index >= 15 is 0 Å². The fraction of sp³-hybridized carbons (Fsp3) is 0.538. The molecular weight excluding hydrogens is 228 g/mol. The van der Waals surface area contributed by atoms with Crippen molar-refractivity contribution in [2.75, 3.05) is 0 Å². The molecule has 0 aliphatic carbocycles. The highest BCUT2D eigenvalue weighted by molar-refractivity contribution is 5.97. The van der Waals surface area contributed by atoms with Crippen LogP contribution in [0.25, 0.3) is 0 Å². The van der Waals surface area contributed by atoms with E-state index < -0.39 is 0 Å². The van der Waals surface area contributed by atoms with Gasteiger partial charge in [0, 0.05) is 20.2 Å². The van der Waals surface area contributed by atoms with E-state index in [4.69, 9.17) is 0 Å². The van der Waals surface area contributed by atoms with Crippen molar-refractivity contribution in [1.29, 1.82) is 0 Å². The predicted octanol–water partition coefficient (Wildman–Crippen LogP) is 2.71. The zero-order chi connectivity index (χ0) is 13.9. The van der Waals surface area contributed by atoms with Crippen LogP contribution in [0.1, 0.15) is 44.6 Å². The standard InChI is InChI=1S/C13H20N4O/c1-9(7-13(3,4)5)8-14-12-11(10(2)18)17(6)16-15-12/h8H,1,7H2,2-6H3. The van der Waals surface area contributed by atoms with Crippen molar-refractivity contribution in [2.24, 2.45) is 17.5 Å². The van der Waals surface area contributed by atoms with Crippen molar-refractivity contribution < 1.29 is 4.79 Å². The fourth-order valence-electron chi connectivity index (χ4n) is 1.70. The molecule has 1 rings (SSSR count). The monoisotopic (exact) mass is 248 g/mol. The van der Waals surface area contributed by atoms with Crippen LogP contribution < -0.4 is 0 Å². The number of Topliss-reactive ketones (excluding diaryl/α,β-unsaturated/α-hetero) is 1. The first-order chi connectivity index (χ1) is 8.20. The highest BCUT2D eigenvalue weighted by Crippen LogP contribution is 2.23. The minimum atomic E-state index is -0.101. The second-order valence-electron chi connectivity index (χ2n) is 5.60. The van der Waals surface area contributed by atoms with E-state index in [1.165, 1.54) is 11.6 Å². The van der Waals surface area contributed by atoms with Crippen molar-refractivity contribution in [2.45, 2.75) is 34.1 Å². The molecule has 0 bridgehead atoms. The largest absolute Gasteiger partial charge is 0.293 e. The molecule has 0 N–H and O–H groups in total. The van der Waals surface area contributed by atoms with Gasteiger partial charge in [-0.3, -0.25) is 4.79 Å². The van der Waals surface area contributed by atoms with Crippen LogP contribution in [0.15, 0.2) is 17.1 Å². The summed E-state index contributed by atoms with van der Waals surface area (Å²) in [6.07, 6.45) is 2.49. The lowest BCUT2D eigenvalue weighted by Gasteiger charge is -2.17. The molecule has 1 aromatic heterocycles. The number of allylic oxidation sites excluding steroid dienone is 1. The number of nitrogens with zero attached hydrogens (tertiary/aromatic N) is 4. The number of hydrogen-bond acceptors (Lipinski definition) is 4. The highest BCUT2D eigenvalue weighted by Gasteiger charge is 2.14. The van der Waals surface area contributed by atoms with Gasteiger partial charge in [0.2, 0.25) is 5.82 Å². The average molecular weight is 248 g/mol. The first-order valence-electron chi connectivity index (χ1n) is 5.83. The Kier molecular flexibility index (Phi) is 4.16. The van der Waals surface area contributed by atoms with Crippen LogP contribution in [0.2, 0.25) is 0 Å². The maximum Gasteiger partial charge on any atom is 0.205 e. The Hall–Kier alpha value is -1.78. The molecule has 98 valence electrons. The summed E-state index contributed by atoms with van der Waals surface area (Å²) in [6.45, 7) is 11.8. The number of ketones is 1. The number of aromatic nitrogens is 3. The normalized spacial score (nSPS) is 12.1. The smallest absolute Gasteiger partial charge is 0.205 e. The van der Waals surface area contributed by atoms with Crippen molar-refractivity contribution in [3.63, 3.8) is 0 Å². The van der Waals surface area contributed by atoms with E-state index in [0.717, 1.165) is 12.0 Å². The van der Waals surface area contributed by atoms with Gasteiger partial charge in [0.05, 0.1) is 0 Å². The second kappa shape index (κ2) is 5.25. The Morgan fingerprint density at radius 3 is 2.61 bits per heavy atom. The molecule has 0 fully saturated rings. The molecule has 0 atom stereocenters. The Bertz CT molecular complexity index is 492. The second-order valence-corrected chi connectivity index (χ2v) is 5.60. The van der Waals surface area contributed by atoms with Crippen LogP contribution in [-0.2, 0) is 7.05 Å². The lowest BCUT2D eigenvalue weighted by atomic mass is 9.89. The number of hydrogen-bond donors (Lipinski definition) is 0. The molecule has 1 heterocycles. The van der Waals surface area contributed by atoms with Gasteiger partial charge in [0.1, 0.15) is 5.69 Å². The summed E-state index contributed by atoms with van der Waals surface area (Å²) in [6, 6.07) is 0. The topological polar surface area (TPSA) is 60.1 Å². The molecule has 0 unspecified atom stereocenters. The van der Waals surface area contributed by atoms with E-state index in [2.05, 4.69) is 42.7 Å². The van der Waals surface area contributed by atoms with E-state index in [0.29, 0.717) is 11.5 Å². The van der Waals surface area contributed by atoms with Gasteiger partial charge in [-0.1, -0.05) is 32.6 Å². The van der Waals surface area contributed by atoms with Crippen molar-refractivity contribution in [3.05, 3.63) is 17.8 Å². The Morgan fingerprint density at radius 2 is 2.11 bits per heavy atom. The first-order valence-corrected chi connectivity index (χ1v) is 5.83. The molecule has 1 aromatic rings. The molecule has 0 amide bonds. The Balaban J connectivity index is 2.86. The molecule has 18 heavy (non-hydrogen) atoms. The van der Waals surface area contributed by atoms with Gasteiger partial charge < -0.3 is 0 Å². The predicted molar refractivity (Wildman–Crippen MR) is 72.4 cm³/mol. The molecule has 0 aliphatic rings. The van der Waals surface area contributed by atoms with Crippen LogP contribution in [-0.4, -0.2) is 27.0 Å². The Morgan fingerprint density at radius 1 is 1.50 bits per heavy atom. The fourth-order valence-corrected chi connectivity index (χ4v) is 1.70. The lowest BCUT2D eigenvalue weighted by Crippen LogP contribution is -2.06. The molecular formula is C13H20N4O. The summed E-state index contributed by atoms with van der Waals surface area (Å²) in [5.74, 6) is 0.246. The third kappa shape index (κ3) is 3.91. The molecule has 0 radical (unpaired) electrons. The van der Waals surface area contributed by atoms with Gasteiger partial charge in [-0.2, -0.15) is 0 Å². The van der Waals surface area contributed by atoms with E-state index in [1.54, 1.807) is 13.3 Å². The molecule has 0 aliphatic heterocycles. The SMILES string of the molecule is C=C(C=Nc1nnn(C)c1C(C)=O)CC(C)(C)C. The van der Waals surface area contributed by atoms with Gasteiger partial charge in [-0.15, -0.1) is 5.10 Å². The average Bonchev–Trinajstić information content (AvgIpc) is 2.54. The number of aryl methyl sites for hydroxylation is 1. The van der Waals surface area contributed by atoms with Gasteiger partial charge >= 0.3 is 0 Å². The van der Waals surface area contributed by atoms with Crippen LogP contribution in [0.5, 0.6) is 0 Å².